The van der Waals surface area contributed by atoms with Crippen molar-refractivity contribution >= 4 is 17.5 Å². The van der Waals surface area contributed by atoms with Gasteiger partial charge < -0.3 is 16.0 Å². The van der Waals surface area contributed by atoms with E-state index in [0.29, 0.717) is 25.9 Å². The number of pyridine rings is 1. The van der Waals surface area contributed by atoms with E-state index in [-0.39, 0.29) is 23.5 Å². The first kappa shape index (κ1) is 15.4. The fourth-order valence-corrected chi connectivity index (χ4v) is 2.44. The van der Waals surface area contributed by atoms with Crippen LogP contribution < -0.4 is 16.0 Å². The smallest absolute Gasteiger partial charge is 0.384 e. The molecule has 0 aliphatic carbocycles. The Morgan fingerprint density at radius 3 is 2.52 bits per heavy atom. The van der Waals surface area contributed by atoms with Crippen molar-refractivity contribution < 1.29 is 18.0 Å². The molecular formula is C13H17F3N4O. The maximum atomic E-state index is 12.8. The van der Waals surface area contributed by atoms with Gasteiger partial charge in [0.25, 0.3) is 0 Å². The summed E-state index contributed by atoms with van der Waals surface area (Å²) < 4.78 is 38.3. The van der Waals surface area contributed by atoms with Crippen molar-refractivity contribution in [3.63, 3.8) is 0 Å². The van der Waals surface area contributed by atoms with Crippen LogP contribution in [0, 0.1) is 5.92 Å². The topological polar surface area (TPSA) is 71.2 Å². The largest absolute Gasteiger partial charge is 0.416 e. The number of nitrogen functional groups attached to an aromatic ring is 1. The van der Waals surface area contributed by atoms with Crippen molar-refractivity contribution in [2.45, 2.75) is 19.0 Å². The maximum absolute atomic E-state index is 12.8. The fourth-order valence-electron chi connectivity index (χ4n) is 2.44. The number of nitrogens with two attached hydrogens (primary N) is 1. The minimum absolute atomic E-state index is 0.0360. The highest BCUT2D eigenvalue weighted by Crippen LogP contribution is 2.33. The summed E-state index contributed by atoms with van der Waals surface area (Å²) in [6.45, 7) is 0.956. The number of rotatable bonds is 2. The molecule has 21 heavy (non-hydrogen) atoms. The number of carbonyl (C=O) groups excluding carboxylic acids is 1. The first-order valence-corrected chi connectivity index (χ1v) is 6.62. The fraction of sp³-hybridized carbons (Fsp3) is 0.538. The minimum Gasteiger partial charge on any atom is -0.384 e. The standard InChI is InChI=1S/C13H17F3N4O/c1-18-12(21)8-2-4-20(5-3-8)11-7-9(13(14,15)16)6-10(17)19-11/h6-8H,2-5H2,1H3,(H2,17,19)(H,18,21). The zero-order valence-corrected chi connectivity index (χ0v) is 11.6. The maximum Gasteiger partial charge on any atom is 0.416 e. The quantitative estimate of drug-likeness (QED) is 0.871. The molecule has 2 rings (SSSR count). The van der Waals surface area contributed by atoms with E-state index < -0.39 is 11.7 Å². The molecule has 1 aliphatic rings. The average Bonchev–Trinajstić information content (AvgIpc) is 2.45. The highest BCUT2D eigenvalue weighted by atomic mass is 19.4. The van der Waals surface area contributed by atoms with Gasteiger partial charge in [0.1, 0.15) is 11.6 Å². The Hall–Kier alpha value is -1.99. The molecule has 0 aromatic carbocycles. The molecule has 0 spiro atoms. The number of nitrogens with one attached hydrogen (secondary N) is 1. The van der Waals surface area contributed by atoms with Crippen LogP contribution in [0.2, 0.25) is 0 Å². The van der Waals surface area contributed by atoms with Crippen LogP contribution in [0.15, 0.2) is 12.1 Å². The summed E-state index contributed by atoms with van der Waals surface area (Å²) in [5, 5.41) is 2.59. The van der Waals surface area contributed by atoms with Gasteiger partial charge in [-0.15, -0.1) is 0 Å². The molecule has 0 bridgehead atoms. The molecule has 0 radical (unpaired) electrons. The van der Waals surface area contributed by atoms with Gasteiger partial charge in [-0.1, -0.05) is 0 Å². The number of nitrogens with zero attached hydrogens (tertiary/aromatic N) is 2. The van der Waals surface area contributed by atoms with Crippen molar-refractivity contribution in [1.82, 2.24) is 10.3 Å². The van der Waals surface area contributed by atoms with Crippen molar-refractivity contribution in [2.75, 3.05) is 30.8 Å². The Morgan fingerprint density at radius 2 is 2.00 bits per heavy atom. The molecule has 8 heteroatoms. The van der Waals surface area contributed by atoms with Gasteiger partial charge in [-0.25, -0.2) is 4.98 Å². The lowest BCUT2D eigenvalue weighted by Crippen LogP contribution is -2.40. The second kappa shape index (κ2) is 5.79. The number of aromatic nitrogens is 1. The highest BCUT2D eigenvalue weighted by Gasteiger charge is 2.32. The van der Waals surface area contributed by atoms with Crippen molar-refractivity contribution in [3.05, 3.63) is 17.7 Å². The number of hydrogen-bond donors (Lipinski definition) is 2. The van der Waals surface area contributed by atoms with Gasteiger partial charge in [0.15, 0.2) is 0 Å². The molecule has 1 aromatic rings. The number of anilines is 2. The Bertz CT molecular complexity index is 525. The molecule has 1 saturated heterocycles. The summed E-state index contributed by atoms with van der Waals surface area (Å²) in [7, 11) is 1.57. The van der Waals surface area contributed by atoms with Crippen LogP contribution in [0.3, 0.4) is 0 Å². The first-order valence-electron chi connectivity index (χ1n) is 6.62. The zero-order valence-electron chi connectivity index (χ0n) is 11.6. The van der Waals surface area contributed by atoms with Crippen LogP contribution in [0.5, 0.6) is 0 Å². The van der Waals surface area contributed by atoms with Gasteiger partial charge in [0, 0.05) is 26.1 Å². The van der Waals surface area contributed by atoms with E-state index in [4.69, 9.17) is 5.73 Å². The number of carbonyl (C=O) groups is 1. The van der Waals surface area contributed by atoms with Gasteiger partial charge in [-0.3, -0.25) is 4.79 Å². The number of amides is 1. The summed E-state index contributed by atoms with van der Waals surface area (Å²) in [5.41, 5.74) is 4.65. The normalized spacial score (nSPS) is 16.9. The van der Waals surface area contributed by atoms with Crippen molar-refractivity contribution in [3.8, 4) is 0 Å². The molecule has 2 heterocycles. The number of hydrogen-bond acceptors (Lipinski definition) is 4. The van der Waals surface area contributed by atoms with E-state index >= 15 is 0 Å². The van der Waals surface area contributed by atoms with Crippen LogP contribution in [0.4, 0.5) is 24.8 Å². The number of alkyl halides is 3. The highest BCUT2D eigenvalue weighted by molar-refractivity contribution is 5.78. The molecule has 0 atom stereocenters. The lowest BCUT2D eigenvalue weighted by Gasteiger charge is -2.32. The third kappa shape index (κ3) is 3.56. The molecule has 1 fully saturated rings. The Labute approximate surface area is 120 Å². The minimum atomic E-state index is -4.45. The summed E-state index contributed by atoms with van der Waals surface area (Å²) in [6, 6.07) is 1.82. The van der Waals surface area contributed by atoms with Gasteiger partial charge >= 0.3 is 6.18 Å². The SMILES string of the molecule is CNC(=O)C1CCN(c2cc(C(F)(F)F)cc(N)n2)CC1. The van der Waals surface area contributed by atoms with E-state index in [1.807, 2.05) is 0 Å². The monoisotopic (exact) mass is 302 g/mol. The molecule has 3 N–H and O–H groups in total. The van der Waals surface area contributed by atoms with Crippen LogP contribution in [0.25, 0.3) is 0 Å². The van der Waals surface area contributed by atoms with Crippen molar-refractivity contribution in [1.29, 1.82) is 0 Å². The van der Waals surface area contributed by atoms with E-state index in [9.17, 15) is 18.0 Å². The molecular weight excluding hydrogens is 285 g/mol. The molecule has 1 amide bonds. The summed E-state index contributed by atoms with van der Waals surface area (Å²) >= 11 is 0. The summed E-state index contributed by atoms with van der Waals surface area (Å²) in [5.74, 6) is -0.0912. The number of piperidine rings is 1. The second-order valence-electron chi connectivity index (χ2n) is 5.01. The molecule has 1 aliphatic heterocycles. The third-order valence-electron chi connectivity index (χ3n) is 3.60. The van der Waals surface area contributed by atoms with Gasteiger partial charge in [0.2, 0.25) is 5.91 Å². The summed E-state index contributed by atoms with van der Waals surface area (Å²) in [6.07, 6.45) is -3.29. The van der Waals surface area contributed by atoms with E-state index in [0.717, 1.165) is 12.1 Å². The molecule has 116 valence electrons. The molecule has 5 nitrogen and oxygen atoms in total. The Kier molecular flexibility index (Phi) is 4.24. The van der Waals surface area contributed by atoms with Crippen LogP contribution in [-0.4, -0.2) is 31.0 Å². The Balaban J connectivity index is 2.13. The molecule has 0 saturated carbocycles. The zero-order chi connectivity index (χ0) is 15.6. The third-order valence-corrected chi connectivity index (χ3v) is 3.60. The van der Waals surface area contributed by atoms with Crippen LogP contribution >= 0.6 is 0 Å². The first-order chi connectivity index (χ1) is 9.81. The van der Waals surface area contributed by atoms with Gasteiger partial charge in [0.05, 0.1) is 5.56 Å². The Morgan fingerprint density at radius 1 is 1.38 bits per heavy atom. The summed E-state index contributed by atoms with van der Waals surface area (Å²) in [4.78, 5) is 17.2. The van der Waals surface area contributed by atoms with E-state index in [1.165, 1.54) is 0 Å². The van der Waals surface area contributed by atoms with E-state index in [1.54, 1.807) is 11.9 Å². The lowest BCUT2D eigenvalue weighted by molar-refractivity contribution is -0.137. The molecule has 1 aromatic heterocycles. The predicted octanol–water partition coefficient (Wildman–Crippen LogP) is 1.65. The van der Waals surface area contributed by atoms with E-state index in [2.05, 4.69) is 10.3 Å². The van der Waals surface area contributed by atoms with Crippen LogP contribution in [-0.2, 0) is 11.0 Å². The lowest BCUT2D eigenvalue weighted by atomic mass is 9.96. The average molecular weight is 302 g/mol. The molecule has 0 unspecified atom stereocenters. The van der Waals surface area contributed by atoms with Crippen LogP contribution in [0.1, 0.15) is 18.4 Å². The predicted molar refractivity (Wildman–Crippen MR) is 72.7 cm³/mol. The number of halogens is 3. The van der Waals surface area contributed by atoms with Crippen molar-refractivity contribution in [2.24, 2.45) is 5.92 Å². The second-order valence-corrected chi connectivity index (χ2v) is 5.01. The van der Waals surface area contributed by atoms with Gasteiger partial charge in [-0.2, -0.15) is 13.2 Å². The van der Waals surface area contributed by atoms with Gasteiger partial charge in [-0.05, 0) is 25.0 Å².